The SMILES string of the molecule is N=C(N)c1ccc(/C=C2\CCCCCCC/C(=C\c3ccc(C(=N)N)cc3)C2=O)cc1. The number of allylic oxidation sites excluding steroid dienone is 2. The molecule has 160 valence electrons. The molecule has 0 amide bonds. The molecule has 5 heteroatoms. The van der Waals surface area contributed by atoms with E-state index in [2.05, 4.69) is 0 Å². The molecule has 1 aliphatic rings. The lowest BCUT2D eigenvalue weighted by molar-refractivity contribution is -0.112. The highest BCUT2D eigenvalue weighted by Crippen LogP contribution is 2.25. The van der Waals surface area contributed by atoms with E-state index in [1.807, 2.05) is 60.7 Å². The average molecular weight is 415 g/mol. The first-order valence-corrected chi connectivity index (χ1v) is 10.8. The number of benzene rings is 2. The highest BCUT2D eigenvalue weighted by Gasteiger charge is 2.17. The fourth-order valence-electron chi connectivity index (χ4n) is 3.79. The predicted octanol–water partition coefficient (Wildman–Crippen LogP) is 5.04. The van der Waals surface area contributed by atoms with Gasteiger partial charge in [-0.25, -0.2) is 0 Å². The zero-order chi connectivity index (χ0) is 22.2. The minimum absolute atomic E-state index is 0.0370. The number of carbonyl (C=O) groups excluding carboxylic acids is 1. The second-order valence-corrected chi connectivity index (χ2v) is 8.01. The average Bonchev–Trinajstić information content (AvgIpc) is 2.76. The van der Waals surface area contributed by atoms with Gasteiger partial charge in [-0.2, -0.15) is 0 Å². The van der Waals surface area contributed by atoms with Crippen molar-refractivity contribution in [2.75, 3.05) is 0 Å². The third kappa shape index (κ3) is 6.25. The van der Waals surface area contributed by atoms with E-state index in [1.54, 1.807) is 0 Å². The molecule has 1 saturated carbocycles. The summed E-state index contributed by atoms with van der Waals surface area (Å²) in [6.45, 7) is 0. The summed E-state index contributed by atoms with van der Waals surface area (Å²) in [7, 11) is 0. The van der Waals surface area contributed by atoms with Gasteiger partial charge >= 0.3 is 0 Å². The number of Topliss-reactive ketones (excluding diaryl/α,β-unsaturated/α-hetero) is 1. The van der Waals surface area contributed by atoms with Crippen molar-refractivity contribution in [1.29, 1.82) is 10.8 Å². The molecule has 2 aromatic rings. The predicted molar refractivity (Wildman–Crippen MR) is 128 cm³/mol. The van der Waals surface area contributed by atoms with E-state index in [-0.39, 0.29) is 17.5 Å². The van der Waals surface area contributed by atoms with Gasteiger partial charge in [-0.3, -0.25) is 15.6 Å². The summed E-state index contributed by atoms with van der Waals surface area (Å²) in [6, 6.07) is 14.9. The maximum absolute atomic E-state index is 13.5. The molecule has 0 radical (unpaired) electrons. The fourth-order valence-corrected chi connectivity index (χ4v) is 3.79. The van der Waals surface area contributed by atoms with Gasteiger partial charge in [-0.15, -0.1) is 0 Å². The molecule has 0 spiro atoms. The van der Waals surface area contributed by atoms with Crippen molar-refractivity contribution < 1.29 is 4.79 Å². The third-order valence-corrected chi connectivity index (χ3v) is 5.60. The lowest BCUT2D eigenvalue weighted by Gasteiger charge is -2.14. The molecular weight excluding hydrogens is 384 g/mol. The molecule has 0 aliphatic heterocycles. The third-order valence-electron chi connectivity index (χ3n) is 5.60. The van der Waals surface area contributed by atoms with E-state index in [9.17, 15) is 4.79 Å². The van der Waals surface area contributed by atoms with E-state index in [0.29, 0.717) is 11.1 Å². The Bertz CT molecular complexity index is 933. The van der Waals surface area contributed by atoms with Crippen LogP contribution in [0.4, 0.5) is 0 Å². The minimum atomic E-state index is 0.0370. The van der Waals surface area contributed by atoms with Gasteiger partial charge in [0.25, 0.3) is 0 Å². The number of amidine groups is 2. The molecular formula is C26H30N4O. The molecule has 31 heavy (non-hydrogen) atoms. The number of hydrogen-bond acceptors (Lipinski definition) is 3. The van der Waals surface area contributed by atoms with E-state index in [4.69, 9.17) is 22.3 Å². The molecule has 6 N–H and O–H groups in total. The van der Waals surface area contributed by atoms with Crippen LogP contribution in [-0.2, 0) is 4.79 Å². The maximum Gasteiger partial charge on any atom is 0.185 e. The molecule has 2 aromatic carbocycles. The molecule has 1 fully saturated rings. The summed E-state index contributed by atoms with van der Waals surface area (Å²) in [5.74, 6) is 0.179. The van der Waals surface area contributed by atoms with Crippen molar-refractivity contribution in [3.8, 4) is 0 Å². The molecule has 0 bridgehead atoms. The second kappa shape index (κ2) is 10.5. The molecule has 0 unspecified atom stereocenters. The van der Waals surface area contributed by atoms with Gasteiger partial charge in [0.2, 0.25) is 0 Å². The van der Waals surface area contributed by atoms with E-state index in [1.165, 1.54) is 6.42 Å². The molecule has 0 heterocycles. The Morgan fingerprint density at radius 3 is 1.35 bits per heavy atom. The quantitative estimate of drug-likeness (QED) is 0.319. The molecule has 0 aromatic heterocycles. The van der Waals surface area contributed by atoms with Crippen molar-refractivity contribution in [3.63, 3.8) is 0 Å². The summed E-state index contributed by atoms with van der Waals surface area (Å²) in [4.78, 5) is 13.5. The van der Waals surface area contributed by atoms with Gasteiger partial charge in [0.15, 0.2) is 5.78 Å². The van der Waals surface area contributed by atoms with Crippen molar-refractivity contribution in [2.45, 2.75) is 44.9 Å². The lowest BCUT2D eigenvalue weighted by atomic mass is 9.90. The van der Waals surface area contributed by atoms with Crippen molar-refractivity contribution in [3.05, 3.63) is 81.9 Å². The Morgan fingerprint density at radius 1 is 0.645 bits per heavy atom. The minimum Gasteiger partial charge on any atom is -0.384 e. The van der Waals surface area contributed by atoms with Crippen molar-refractivity contribution in [1.82, 2.24) is 0 Å². The van der Waals surface area contributed by atoms with Crippen LogP contribution in [0, 0.1) is 10.8 Å². The highest BCUT2D eigenvalue weighted by atomic mass is 16.1. The highest BCUT2D eigenvalue weighted by molar-refractivity contribution is 6.13. The van der Waals surface area contributed by atoms with Gasteiger partial charge in [-0.05, 0) is 49.0 Å². The zero-order valence-corrected chi connectivity index (χ0v) is 17.8. The summed E-state index contributed by atoms with van der Waals surface area (Å²) in [6.07, 6.45) is 10.9. The first-order valence-electron chi connectivity index (χ1n) is 10.8. The van der Waals surface area contributed by atoms with Crippen LogP contribution in [0.2, 0.25) is 0 Å². The molecule has 0 atom stereocenters. The van der Waals surface area contributed by atoms with E-state index < -0.39 is 0 Å². The monoisotopic (exact) mass is 414 g/mol. The normalized spacial score (nSPS) is 18.1. The van der Waals surface area contributed by atoms with Gasteiger partial charge in [0.1, 0.15) is 11.7 Å². The van der Waals surface area contributed by atoms with E-state index >= 15 is 0 Å². The second-order valence-electron chi connectivity index (χ2n) is 8.01. The molecule has 0 saturated heterocycles. The summed E-state index contributed by atoms with van der Waals surface area (Å²) in [5.41, 5.74) is 16.0. The van der Waals surface area contributed by atoms with Gasteiger partial charge in [0, 0.05) is 22.3 Å². The fraction of sp³-hybridized carbons (Fsp3) is 0.269. The number of nitrogen functional groups attached to an aromatic ring is 2. The Labute approximate surface area is 183 Å². The van der Waals surface area contributed by atoms with Gasteiger partial charge in [-0.1, -0.05) is 67.8 Å². The Morgan fingerprint density at radius 2 is 1.00 bits per heavy atom. The summed E-state index contributed by atoms with van der Waals surface area (Å²) < 4.78 is 0. The lowest BCUT2D eigenvalue weighted by Crippen LogP contribution is -2.11. The number of nitrogens with one attached hydrogen (secondary N) is 2. The Balaban J connectivity index is 1.92. The molecule has 5 nitrogen and oxygen atoms in total. The van der Waals surface area contributed by atoms with Gasteiger partial charge < -0.3 is 11.5 Å². The number of hydrogen-bond donors (Lipinski definition) is 4. The van der Waals surface area contributed by atoms with Crippen LogP contribution < -0.4 is 11.5 Å². The Kier molecular flexibility index (Phi) is 7.55. The molecule has 1 aliphatic carbocycles. The van der Waals surface area contributed by atoms with Crippen molar-refractivity contribution in [2.24, 2.45) is 11.5 Å². The summed E-state index contributed by atoms with van der Waals surface area (Å²) >= 11 is 0. The Hall–Kier alpha value is -3.47. The van der Waals surface area contributed by atoms with E-state index in [0.717, 1.165) is 60.8 Å². The zero-order valence-electron chi connectivity index (χ0n) is 17.8. The standard InChI is InChI=1S/C26H30N4O/c27-25(28)20-12-8-18(9-13-20)16-22-6-4-2-1-3-5-7-23(24(22)31)17-19-10-14-21(15-11-19)26(29)30/h8-17H,1-7H2,(H3,27,28)(H3,29,30)/b22-16+,23-17+. The van der Waals surface area contributed by atoms with Crippen LogP contribution in [0.25, 0.3) is 12.2 Å². The number of ketones is 1. The smallest absolute Gasteiger partial charge is 0.185 e. The van der Waals surface area contributed by atoms with Crippen LogP contribution in [0.1, 0.15) is 67.2 Å². The summed E-state index contributed by atoms with van der Waals surface area (Å²) in [5, 5.41) is 15.1. The number of nitrogens with two attached hydrogens (primary N) is 2. The first kappa shape index (κ1) is 22.2. The van der Waals surface area contributed by atoms with Crippen LogP contribution >= 0.6 is 0 Å². The van der Waals surface area contributed by atoms with Crippen LogP contribution in [0.3, 0.4) is 0 Å². The largest absolute Gasteiger partial charge is 0.384 e. The van der Waals surface area contributed by atoms with Crippen LogP contribution in [0.5, 0.6) is 0 Å². The van der Waals surface area contributed by atoms with Crippen LogP contribution in [0.15, 0.2) is 59.7 Å². The van der Waals surface area contributed by atoms with Crippen molar-refractivity contribution >= 4 is 29.6 Å². The maximum atomic E-state index is 13.5. The molecule has 3 rings (SSSR count). The van der Waals surface area contributed by atoms with Gasteiger partial charge in [0.05, 0.1) is 0 Å². The number of rotatable bonds is 4. The van der Waals surface area contributed by atoms with Crippen LogP contribution in [-0.4, -0.2) is 17.5 Å². The first-order chi connectivity index (χ1) is 14.9. The topological polar surface area (TPSA) is 117 Å². The number of carbonyl (C=O) groups is 1.